The van der Waals surface area contributed by atoms with Crippen molar-refractivity contribution in [2.75, 3.05) is 0 Å². The van der Waals surface area contributed by atoms with E-state index in [1.54, 1.807) is 24.3 Å². The third kappa shape index (κ3) is 2.04. The quantitative estimate of drug-likeness (QED) is 0.864. The molecule has 0 aliphatic rings. The molecule has 0 spiro atoms. The van der Waals surface area contributed by atoms with E-state index in [0.29, 0.717) is 5.69 Å². The molecule has 0 atom stereocenters. The molecule has 90 valence electrons. The third-order valence-corrected chi connectivity index (χ3v) is 3.06. The number of hydrogen-bond acceptors (Lipinski definition) is 3. The SMILES string of the molecule is N#Cc1cn(-c2cccc(Cl)c2Cl)c(=O)[nH]c1=O. The molecule has 0 amide bonds. The summed E-state index contributed by atoms with van der Waals surface area (Å²) >= 11 is 11.8. The predicted molar refractivity (Wildman–Crippen MR) is 67.4 cm³/mol. The van der Waals surface area contributed by atoms with E-state index in [0.717, 1.165) is 10.8 Å². The monoisotopic (exact) mass is 281 g/mol. The van der Waals surface area contributed by atoms with Gasteiger partial charge >= 0.3 is 5.69 Å². The van der Waals surface area contributed by atoms with Gasteiger partial charge in [0, 0.05) is 6.20 Å². The maximum absolute atomic E-state index is 11.7. The highest BCUT2D eigenvalue weighted by molar-refractivity contribution is 6.43. The van der Waals surface area contributed by atoms with Crippen molar-refractivity contribution >= 4 is 23.2 Å². The molecule has 18 heavy (non-hydrogen) atoms. The summed E-state index contributed by atoms with van der Waals surface area (Å²) in [5.74, 6) is 0. The fourth-order valence-corrected chi connectivity index (χ4v) is 1.79. The van der Waals surface area contributed by atoms with Crippen LogP contribution in [0.15, 0.2) is 34.0 Å². The number of aromatic nitrogens is 2. The van der Waals surface area contributed by atoms with E-state index in [-0.39, 0.29) is 15.6 Å². The Hall–Kier alpha value is -2.03. The second kappa shape index (κ2) is 4.69. The lowest BCUT2D eigenvalue weighted by Crippen LogP contribution is -2.30. The fourth-order valence-electron chi connectivity index (χ4n) is 1.41. The normalized spacial score (nSPS) is 10.1. The molecule has 0 unspecified atom stereocenters. The van der Waals surface area contributed by atoms with Gasteiger partial charge in [-0.1, -0.05) is 29.3 Å². The maximum atomic E-state index is 11.7. The van der Waals surface area contributed by atoms with Crippen LogP contribution in [0.3, 0.4) is 0 Å². The Bertz CT molecular complexity index is 771. The van der Waals surface area contributed by atoms with Crippen molar-refractivity contribution < 1.29 is 0 Å². The topological polar surface area (TPSA) is 78.7 Å². The van der Waals surface area contributed by atoms with Gasteiger partial charge in [-0.2, -0.15) is 5.26 Å². The van der Waals surface area contributed by atoms with Crippen LogP contribution in [0.25, 0.3) is 5.69 Å². The zero-order chi connectivity index (χ0) is 13.3. The highest BCUT2D eigenvalue weighted by Crippen LogP contribution is 2.27. The first-order valence-corrected chi connectivity index (χ1v) is 5.50. The number of rotatable bonds is 1. The summed E-state index contributed by atoms with van der Waals surface area (Å²) in [4.78, 5) is 25.0. The minimum atomic E-state index is -0.739. The van der Waals surface area contributed by atoms with Crippen molar-refractivity contribution in [3.05, 3.63) is 60.8 Å². The van der Waals surface area contributed by atoms with Gasteiger partial charge in [-0.15, -0.1) is 0 Å². The Morgan fingerprint density at radius 2 is 2.00 bits per heavy atom. The zero-order valence-corrected chi connectivity index (χ0v) is 10.3. The summed E-state index contributed by atoms with van der Waals surface area (Å²) in [5.41, 5.74) is -1.33. The Labute approximate surface area is 111 Å². The fraction of sp³-hybridized carbons (Fsp3) is 0. The lowest BCUT2D eigenvalue weighted by molar-refractivity contribution is 0.889. The molecule has 0 bridgehead atoms. The number of hydrogen-bond donors (Lipinski definition) is 1. The van der Waals surface area contributed by atoms with Gasteiger partial charge in [0.25, 0.3) is 5.56 Å². The minimum Gasteiger partial charge on any atom is -0.273 e. The van der Waals surface area contributed by atoms with E-state index in [1.165, 1.54) is 0 Å². The van der Waals surface area contributed by atoms with Gasteiger partial charge in [0.1, 0.15) is 11.6 Å². The Kier molecular flexibility index (Phi) is 3.24. The first-order valence-electron chi connectivity index (χ1n) is 4.75. The first-order chi connectivity index (χ1) is 8.54. The van der Waals surface area contributed by atoms with Crippen LogP contribution >= 0.6 is 23.2 Å². The molecule has 0 aliphatic carbocycles. The van der Waals surface area contributed by atoms with Gasteiger partial charge in [-0.25, -0.2) is 4.79 Å². The summed E-state index contributed by atoms with van der Waals surface area (Å²) in [6, 6.07) is 6.41. The summed E-state index contributed by atoms with van der Waals surface area (Å²) in [6.45, 7) is 0. The number of nitrogens with one attached hydrogen (secondary N) is 1. The van der Waals surface area contributed by atoms with Crippen LogP contribution in [0.5, 0.6) is 0 Å². The molecule has 7 heteroatoms. The second-order valence-electron chi connectivity index (χ2n) is 3.36. The van der Waals surface area contributed by atoms with Gasteiger partial charge in [0.05, 0.1) is 15.7 Å². The summed E-state index contributed by atoms with van der Waals surface area (Å²) in [6.07, 6.45) is 1.12. The molecule has 0 fully saturated rings. The van der Waals surface area contributed by atoms with E-state index >= 15 is 0 Å². The van der Waals surface area contributed by atoms with E-state index in [1.807, 2.05) is 4.98 Å². The molecule has 1 aromatic heterocycles. The molecule has 0 saturated heterocycles. The number of aromatic amines is 1. The molecule has 1 heterocycles. The molecule has 1 N–H and O–H groups in total. The number of benzene rings is 1. The van der Waals surface area contributed by atoms with Crippen molar-refractivity contribution in [2.45, 2.75) is 0 Å². The molecule has 0 saturated carbocycles. The molecule has 1 aromatic carbocycles. The number of halogens is 2. The lowest BCUT2D eigenvalue weighted by atomic mass is 10.3. The number of H-pyrrole nitrogens is 1. The zero-order valence-electron chi connectivity index (χ0n) is 8.78. The van der Waals surface area contributed by atoms with Crippen molar-refractivity contribution in [3.8, 4) is 11.8 Å². The molecule has 0 radical (unpaired) electrons. The summed E-state index contributed by atoms with van der Waals surface area (Å²) < 4.78 is 1.06. The number of nitrogens with zero attached hydrogens (tertiary/aromatic N) is 2. The largest absolute Gasteiger partial charge is 0.333 e. The van der Waals surface area contributed by atoms with Crippen LogP contribution in [-0.4, -0.2) is 9.55 Å². The van der Waals surface area contributed by atoms with Crippen LogP contribution in [0.2, 0.25) is 10.0 Å². The average Bonchev–Trinajstić information content (AvgIpc) is 2.34. The maximum Gasteiger partial charge on any atom is 0.333 e. The molecule has 2 rings (SSSR count). The predicted octanol–water partition coefficient (Wildman–Crippen LogP) is 1.70. The van der Waals surface area contributed by atoms with Gasteiger partial charge in [-0.3, -0.25) is 14.3 Å². The van der Waals surface area contributed by atoms with Gasteiger partial charge in [0.2, 0.25) is 0 Å². The van der Waals surface area contributed by atoms with Gasteiger partial charge in [0.15, 0.2) is 0 Å². The average molecular weight is 282 g/mol. The highest BCUT2D eigenvalue weighted by Gasteiger charge is 2.10. The van der Waals surface area contributed by atoms with Crippen molar-refractivity contribution in [3.63, 3.8) is 0 Å². The van der Waals surface area contributed by atoms with Gasteiger partial charge in [-0.05, 0) is 12.1 Å². The molecule has 0 aliphatic heterocycles. The Morgan fingerprint density at radius 3 is 2.67 bits per heavy atom. The van der Waals surface area contributed by atoms with Crippen LogP contribution in [0.1, 0.15) is 5.56 Å². The van der Waals surface area contributed by atoms with E-state index in [2.05, 4.69) is 0 Å². The number of nitriles is 1. The van der Waals surface area contributed by atoms with E-state index in [4.69, 9.17) is 28.5 Å². The summed E-state index contributed by atoms with van der Waals surface area (Å²) in [5, 5.41) is 9.19. The summed E-state index contributed by atoms with van der Waals surface area (Å²) in [7, 11) is 0. The van der Waals surface area contributed by atoms with Crippen LogP contribution < -0.4 is 11.2 Å². The minimum absolute atomic E-state index is 0.164. The van der Waals surface area contributed by atoms with Gasteiger partial charge < -0.3 is 0 Å². The molecule has 2 aromatic rings. The van der Waals surface area contributed by atoms with E-state index in [9.17, 15) is 9.59 Å². The van der Waals surface area contributed by atoms with E-state index < -0.39 is 11.2 Å². The third-order valence-electron chi connectivity index (χ3n) is 2.25. The van der Waals surface area contributed by atoms with Crippen LogP contribution in [-0.2, 0) is 0 Å². The first kappa shape index (κ1) is 12.4. The molecular weight excluding hydrogens is 277 g/mol. The highest BCUT2D eigenvalue weighted by atomic mass is 35.5. The second-order valence-corrected chi connectivity index (χ2v) is 4.14. The van der Waals surface area contributed by atoms with Crippen molar-refractivity contribution in [2.24, 2.45) is 0 Å². The Morgan fingerprint density at radius 1 is 1.28 bits per heavy atom. The van der Waals surface area contributed by atoms with Crippen molar-refractivity contribution in [1.29, 1.82) is 5.26 Å². The van der Waals surface area contributed by atoms with Crippen LogP contribution in [0, 0.1) is 11.3 Å². The Balaban J connectivity index is 2.81. The smallest absolute Gasteiger partial charge is 0.273 e. The standard InChI is InChI=1S/C11H5Cl2N3O2/c12-7-2-1-3-8(9(7)13)16-5-6(4-14)10(17)15-11(16)18/h1-3,5H,(H,15,17,18). The van der Waals surface area contributed by atoms with Crippen molar-refractivity contribution in [1.82, 2.24) is 9.55 Å². The molecule has 5 nitrogen and oxygen atoms in total. The molecular formula is C11H5Cl2N3O2. The van der Waals surface area contributed by atoms with Crippen LogP contribution in [0.4, 0.5) is 0 Å². The lowest BCUT2D eigenvalue weighted by Gasteiger charge is -2.08.